The van der Waals surface area contributed by atoms with Crippen molar-refractivity contribution in [1.29, 1.82) is 0 Å². The van der Waals surface area contributed by atoms with E-state index in [0.717, 1.165) is 51.3 Å². The second-order valence-electron chi connectivity index (χ2n) is 8.63. The minimum Gasteiger partial charge on any atom is -0.457 e. The van der Waals surface area contributed by atoms with Crippen LogP contribution in [0.1, 0.15) is 17.5 Å². The molecular weight excluding hydrogens is 505 g/mol. The Morgan fingerprint density at radius 1 is 0.722 bits per heavy atom. The summed E-state index contributed by atoms with van der Waals surface area (Å²) in [5.74, 6) is 0.108. The number of halogens is 4. The van der Waals surface area contributed by atoms with Gasteiger partial charge in [0.2, 0.25) is 0 Å². The summed E-state index contributed by atoms with van der Waals surface area (Å²) < 4.78 is 38.5. The Bertz CT molecular complexity index is 1020. The molecule has 0 saturated carbocycles. The van der Waals surface area contributed by atoms with Crippen molar-refractivity contribution in [2.45, 2.75) is 19.4 Å². The highest BCUT2D eigenvalue weighted by atomic mass is 35.5. The number of nitrogens with zero attached hydrogens (tertiary/aromatic N) is 2. The molecule has 0 spiro atoms. The van der Waals surface area contributed by atoms with Crippen molar-refractivity contribution in [2.24, 2.45) is 0 Å². The van der Waals surface area contributed by atoms with E-state index in [9.17, 15) is 8.78 Å². The first-order valence-corrected chi connectivity index (χ1v) is 11.9. The Kier molecular flexibility index (Phi) is 13.2. The number of hydrogen-bond donors (Lipinski definition) is 0. The van der Waals surface area contributed by atoms with Gasteiger partial charge in [-0.15, -0.1) is 24.8 Å². The van der Waals surface area contributed by atoms with Gasteiger partial charge in [-0.2, -0.15) is 0 Å². The van der Waals surface area contributed by atoms with E-state index in [1.807, 2.05) is 0 Å². The lowest BCUT2D eigenvalue weighted by Crippen LogP contribution is -2.47. The maximum atomic E-state index is 13.7. The Labute approximate surface area is 225 Å². The van der Waals surface area contributed by atoms with Crippen LogP contribution in [0.5, 0.6) is 11.5 Å². The van der Waals surface area contributed by atoms with E-state index in [1.165, 1.54) is 48.4 Å². The molecule has 0 aromatic heterocycles. The second-order valence-corrected chi connectivity index (χ2v) is 8.63. The van der Waals surface area contributed by atoms with Crippen LogP contribution >= 0.6 is 24.8 Å². The quantitative estimate of drug-likeness (QED) is 0.265. The third-order valence-corrected chi connectivity index (χ3v) is 6.13. The minimum atomic E-state index is -0.387. The van der Waals surface area contributed by atoms with E-state index >= 15 is 0 Å². The number of benzene rings is 3. The van der Waals surface area contributed by atoms with Gasteiger partial charge >= 0.3 is 0 Å². The van der Waals surface area contributed by atoms with Crippen LogP contribution in [-0.4, -0.2) is 55.7 Å². The van der Waals surface area contributed by atoms with E-state index in [-0.39, 0.29) is 36.4 Å². The van der Waals surface area contributed by atoms with Crippen molar-refractivity contribution in [1.82, 2.24) is 9.80 Å². The van der Waals surface area contributed by atoms with Crippen molar-refractivity contribution in [3.05, 3.63) is 95.6 Å². The summed E-state index contributed by atoms with van der Waals surface area (Å²) in [6, 6.07) is 20.7. The maximum absolute atomic E-state index is 13.7. The molecule has 1 fully saturated rings. The summed E-state index contributed by atoms with van der Waals surface area (Å²) in [6.45, 7) is 7.20. The molecule has 0 atom stereocenters. The van der Waals surface area contributed by atoms with E-state index in [2.05, 4.69) is 40.1 Å². The third-order valence-electron chi connectivity index (χ3n) is 6.13. The fraction of sp³-hybridized carbons (Fsp3) is 0.357. The number of hydrogen-bond acceptors (Lipinski definition) is 4. The van der Waals surface area contributed by atoms with Gasteiger partial charge in [0, 0.05) is 44.4 Å². The third kappa shape index (κ3) is 9.68. The monoisotopic (exact) mass is 538 g/mol. The first kappa shape index (κ1) is 30.0. The molecule has 1 heterocycles. The van der Waals surface area contributed by atoms with Crippen molar-refractivity contribution in [2.75, 3.05) is 45.9 Å². The lowest BCUT2D eigenvalue weighted by Gasteiger charge is -2.34. The van der Waals surface area contributed by atoms with Crippen molar-refractivity contribution in [3.63, 3.8) is 0 Å². The zero-order chi connectivity index (χ0) is 23.6. The Balaban J connectivity index is 0.00000228. The number of ether oxygens (including phenoxy) is 2. The fourth-order valence-electron chi connectivity index (χ4n) is 4.14. The van der Waals surface area contributed by atoms with Crippen LogP contribution in [0.25, 0.3) is 0 Å². The Morgan fingerprint density at radius 3 is 2.06 bits per heavy atom. The predicted octanol–water partition coefficient (Wildman–Crippen LogP) is 6.37. The first-order chi connectivity index (χ1) is 16.7. The molecule has 0 radical (unpaired) electrons. The van der Waals surface area contributed by atoms with Gasteiger partial charge < -0.3 is 14.4 Å². The zero-order valence-corrected chi connectivity index (χ0v) is 21.9. The number of piperazine rings is 1. The van der Waals surface area contributed by atoms with Crippen LogP contribution in [0.3, 0.4) is 0 Å². The lowest BCUT2D eigenvalue weighted by molar-refractivity contribution is 0.0676. The summed E-state index contributed by atoms with van der Waals surface area (Å²) in [5.41, 5.74) is 2.17. The maximum Gasteiger partial charge on any atom is 0.135 e. The molecule has 4 rings (SSSR count). The van der Waals surface area contributed by atoms with Gasteiger partial charge in [-0.3, -0.25) is 4.90 Å². The number of aryl methyl sites for hydroxylation is 1. The predicted molar refractivity (Wildman–Crippen MR) is 145 cm³/mol. The van der Waals surface area contributed by atoms with Gasteiger partial charge in [-0.25, -0.2) is 8.78 Å². The van der Waals surface area contributed by atoms with Crippen LogP contribution < -0.4 is 4.74 Å². The molecule has 1 saturated heterocycles. The molecule has 1 aliphatic heterocycles. The first-order valence-electron chi connectivity index (χ1n) is 11.9. The molecule has 8 heteroatoms. The Morgan fingerprint density at radius 2 is 1.36 bits per heavy atom. The largest absolute Gasteiger partial charge is 0.457 e. The van der Waals surface area contributed by atoms with E-state index in [0.29, 0.717) is 24.7 Å². The topological polar surface area (TPSA) is 24.9 Å². The summed E-state index contributed by atoms with van der Waals surface area (Å²) in [5, 5.41) is 0. The molecule has 3 aromatic carbocycles. The van der Waals surface area contributed by atoms with Gasteiger partial charge in [-0.1, -0.05) is 36.4 Å². The summed E-state index contributed by atoms with van der Waals surface area (Å²) >= 11 is 0. The van der Waals surface area contributed by atoms with Crippen molar-refractivity contribution < 1.29 is 18.3 Å². The minimum absolute atomic E-state index is 0. The highest BCUT2D eigenvalue weighted by molar-refractivity contribution is 5.85. The molecule has 196 valence electrons. The van der Waals surface area contributed by atoms with Gasteiger partial charge in [-0.05, 0) is 55.3 Å². The van der Waals surface area contributed by atoms with E-state index < -0.39 is 0 Å². The standard InChI is InChI=1S/C28H32F2N2O2.2ClH/c29-25-10-12-27(13-11-25)34-28-21-26(30)9-8-24(28)22-33-20-19-32-17-15-31(16-18-32)14-4-7-23-5-2-1-3-6-23;;/h1-3,5-6,8-13,21H,4,7,14-20,22H2;2*1H. The van der Waals surface area contributed by atoms with E-state index in [4.69, 9.17) is 9.47 Å². The smallest absolute Gasteiger partial charge is 0.135 e. The normalized spacial score (nSPS) is 14.1. The SMILES string of the molecule is Cl.Cl.Fc1ccc(Oc2cc(F)ccc2COCCN2CCN(CCCc3ccccc3)CC2)cc1. The molecular formula is C28H34Cl2F2N2O2. The molecule has 1 aliphatic rings. The molecule has 3 aromatic rings. The molecule has 0 amide bonds. The second kappa shape index (κ2) is 15.8. The van der Waals surface area contributed by atoms with Crippen LogP contribution in [0.2, 0.25) is 0 Å². The molecule has 0 bridgehead atoms. The molecule has 4 nitrogen and oxygen atoms in total. The summed E-state index contributed by atoms with van der Waals surface area (Å²) in [7, 11) is 0. The summed E-state index contributed by atoms with van der Waals surface area (Å²) in [6.07, 6.45) is 2.32. The van der Waals surface area contributed by atoms with Gasteiger partial charge in [0.25, 0.3) is 0 Å². The average molecular weight is 539 g/mol. The molecule has 0 aliphatic carbocycles. The average Bonchev–Trinajstić information content (AvgIpc) is 2.86. The molecule has 0 N–H and O–H groups in total. The molecule has 0 unspecified atom stereocenters. The fourth-order valence-corrected chi connectivity index (χ4v) is 4.14. The lowest BCUT2D eigenvalue weighted by atomic mass is 10.1. The van der Waals surface area contributed by atoms with Crippen molar-refractivity contribution >= 4 is 24.8 Å². The summed E-state index contributed by atoms with van der Waals surface area (Å²) in [4.78, 5) is 4.96. The van der Waals surface area contributed by atoms with Crippen LogP contribution in [0.4, 0.5) is 8.78 Å². The van der Waals surface area contributed by atoms with Gasteiger partial charge in [0.15, 0.2) is 0 Å². The highest BCUT2D eigenvalue weighted by Crippen LogP contribution is 2.27. The Hall–Kier alpha value is -2.22. The van der Waals surface area contributed by atoms with Crippen LogP contribution in [0, 0.1) is 11.6 Å². The van der Waals surface area contributed by atoms with E-state index in [1.54, 1.807) is 6.07 Å². The zero-order valence-electron chi connectivity index (χ0n) is 20.3. The highest BCUT2D eigenvalue weighted by Gasteiger charge is 2.16. The van der Waals surface area contributed by atoms with Gasteiger partial charge in [0.05, 0.1) is 13.2 Å². The van der Waals surface area contributed by atoms with Crippen LogP contribution in [-0.2, 0) is 17.8 Å². The van der Waals surface area contributed by atoms with Crippen LogP contribution in [0.15, 0.2) is 72.8 Å². The van der Waals surface area contributed by atoms with Crippen molar-refractivity contribution in [3.8, 4) is 11.5 Å². The molecule has 36 heavy (non-hydrogen) atoms. The number of rotatable bonds is 11. The van der Waals surface area contributed by atoms with Gasteiger partial charge in [0.1, 0.15) is 23.1 Å².